The van der Waals surface area contributed by atoms with Crippen LogP contribution in [0.4, 0.5) is 0 Å². The van der Waals surface area contributed by atoms with Gasteiger partial charge in [-0.3, -0.25) is 4.79 Å². The summed E-state index contributed by atoms with van der Waals surface area (Å²) in [5.74, 6) is -1.20. The SMILES string of the molecule is CC(C(=O)O)C1=Cc2[nH]c3ccc(Cl)cc3c2CC1. The predicted octanol–water partition coefficient (Wildman–Crippen LogP) is 3.87. The molecule has 0 radical (unpaired) electrons. The number of aliphatic carboxylic acids is 1. The number of rotatable bonds is 2. The van der Waals surface area contributed by atoms with E-state index in [4.69, 9.17) is 16.7 Å². The van der Waals surface area contributed by atoms with Gasteiger partial charge in [-0.1, -0.05) is 17.2 Å². The molecule has 0 aliphatic heterocycles. The predicted molar refractivity (Wildman–Crippen MR) is 76.4 cm³/mol. The maximum Gasteiger partial charge on any atom is 0.310 e. The zero-order chi connectivity index (χ0) is 13.6. The molecule has 4 heteroatoms. The molecule has 1 aliphatic rings. The van der Waals surface area contributed by atoms with Gasteiger partial charge in [0.2, 0.25) is 0 Å². The maximum absolute atomic E-state index is 11.1. The number of benzene rings is 1. The summed E-state index contributed by atoms with van der Waals surface area (Å²) < 4.78 is 0. The fourth-order valence-electron chi connectivity index (χ4n) is 2.66. The summed E-state index contributed by atoms with van der Waals surface area (Å²) in [6.45, 7) is 1.73. The molecular formula is C15H14ClNO2. The second kappa shape index (κ2) is 4.42. The quantitative estimate of drug-likeness (QED) is 0.874. The van der Waals surface area contributed by atoms with Gasteiger partial charge in [0.15, 0.2) is 0 Å². The lowest BCUT2D eigenvalue weighted by atomic mass is 9.88. The van der Waals surface area contributed by atoms with Gasteiger partial charge in [-0.25, -0.2) is 0 Å². The van der Waals surface area contributed by atoms with Crippen molar-refractivity contribution < 1.29 is 9.90 Å². The molecule has 0 saturated heterocycles. The molecule has 2 aromatic rings. The van der Waals surface area contributed by atoms with Crippen LogP contribution in [0.1, 0.15) is 24.6 Å². The molecule has 0 spiro atoms. The molecule has 1 unspecified atom stereocenters. The first-order valence-corrected chi connectivity index (χ1v) is 6.67. The first-order valence-electron chi connectivity index (χ1n) is 6.29. The molecule has 3 rings (SSSR count). The second-order valence-electron chi connectivity index (χ2n) is 4.99. The first-order chi connectivity index (χ1) is 9.06. The Hall–Kier alpha value is -1.74. The molecule has 2 N–H and O–H groups in total. The minimum Gasteiger partial charge on any atom is -0.481 e. The largest absolute Gasteiger partial charge is 0.481 e. The van der Waals surface area contributed by atoms with E-state index in [1.165, 1.54) is 5.56 Å². The van der Waals surface area contributed by atoms with Crippen LogP contribution in [0.3, 0.4) is 0 Å². The van der Waals surface area contributed by atoms with Gasteiger partial charge in [-0.05, 0) is 49.6 Å². The van der Waals surface area contributed by atoms with E-state index in [2.05, 4.69) is 4.98 Å². The van der Waals surface area contributed by atoms with Crippen LogP contribution >= 0.6 is 11.6 Å². The Morgan fingerprint density at radius 1 is 1.42 bits per heavy atom. The van der Waals surface area contributed by atoms with E-state index < -0.39 is 11.9 Å². The van der Waals surface area contributed by atoms with Gasteiger partial charge >= 0.3 is 5.97 Å². The van der Waals surface area contributed by atoms with E-state index in [9.17, 15) is 4.79 Å². The highest BCUT2D eigenvalue weighted by molar-refractivity contribution is 6.31. The van der Waals surface area contributed by atoms with Crippen molar-refractivity contribution in [2.75, 3.05) is 0 Å². The summed E-state index contributed by atoms with van der Waals surface area (Å²) in [5, 5.41) is 11.0. The number of nitrogens with one attached hydrogen (secondary N) is 1. The van der Waals surface area contributed by atoms with Crippen molar-refractivity contribution in [3.63, 3.8) is 0 Å². The summed E-state index contributed by atoms with van der Waals surface area (Å²) in [5.41, 5.74) is 4.28. The molecule has 1 aliphatic carbocycles. The molecule has 0 saturated carbocycles. The van der Waals surface area contributed by atoms with Crippen LogP contribution in [0.2, 0.25) is 5.02 Å². The van der Waals surface area contributed by atoms with E-state index in [1.807, 2.05) is 24.3 Å². The Morgan fingerprint density at radius 3 is 2.95 bits per heavy atom. The normalized spacial score (nSPS) is 16.0. The topological polar surface area (TPSA) is 53.1 Å². The number of aryl methyl sites for hydroxylation is 1. The Balaban J connectivity index is 2.11. The molecule has 0 fully saturated rings. The van der Waals surface area contributed by atoms with Gasteiger partial charge in [-0.2, -0.15) is 0 Å². The third kappa shape index (κ3) is 2.04. The molecule has 19 heavy (non-hydrogen) atoms. The van der Waals surface area contributed by atoms with Crippen molar-refractivity contribution in [2.24, 2.45) is 5.92 Å². The van der Waals surface area contributed by atoms with Crippen molar-refractivity contribution in [3.8, 4) is 0 Å². The summed E-state index contributed by atoms with van der Waals surface area (Å²) in [4.78, 5) is 14.4. The smallest absolute Gasteiger partial charge is 0.310 e. The molecule has 98 valence electrons. The summed E-state index contributed by atoms with van der Waals surface area (Å²) >= 11 is 6.03. The lowest BCUT2D eigenvalue weighted by Gasteiger charge is -2.16. The van der Waals surface area contributed by atoms with Crippen LogP contribution < -0.4 is 0 Å². The Morgan fingerprint density at radius 2 is 2.21 bits per heavy atom. The van der Waals surface area contributed by atoms with Crippen LogP contribution in [0.25, 0.3) is 17.0 Å². The van der Waals surface area contributed by atoms with E-state index >= 15 is 0 Å². The van der Waals surface area contributed by atoms with Gasteiger partial charge in [0.1, 0.15) is 0 Å². The molecule has 1 aromatic carbocycles. The highest BCUT2D eigenvalue weighted by Gasteiger charge is 2.22. The van der Waals surface area contributed by atoms with Crippen molar-refractivity contribution >= 4 is 34.5 Å². The molecule has 3 nitrogen and oxygen atoms in total. The van der Waals surface area contributed by atoms with Crippen LogP contribution in [-0.4, -0.2) is 16.1 Å². The van der Waals surface area contributed by atoms with Gasteiger partial charge in [0.25, 0.3) is 0 Å². The highest BCUT2D eigenvalue weighted by atomic mass is 35.5. The Kier molecular flexibility index (Phi) is 2.86. The highest BCUT2D eigenvalue weighted by Crippen LogP contribution is 2.34. The lowest BCUT2D eigenvalue weighted by Crippen LogP contribution is -2.14. The molecule has 0 amide bonds. The fourth-order valence-corrected chi connectivity index (χ4v) is 2.83. The van der Waals surface area contributed by atoms with Crippen molar-refractivity contribution in [2.45, 2.75) is 19.8 Å². The van der Waals surface area contributed by atoms with Gasteiger partial charge < -0.3 is 10.1 Å². The van der Waals surface area contributed by atoms with E-state index in [0.717, 1.165) is 40.0 Å². The number of hydrogen-bond acceptors (Lipinski definition) is 1. The third-order valence-electron chi connectivity index (χ3n) is 3.82. The van der Waals surface area contributed by atoms with Gasteiger partial charge in [0.05, 0.1) is 5.92 Å². The van der Waals surface area contributed by atoms with Crippen LogP contribution in [0.5, 0.6) is 0 Å². The molecular weight excluding hydrogens is 262 g/mol. The number of H-pyrrole nitrogens is 1. The lowest BCUT2D eigenvalue weighted by molar-refractivity contribution is -0.139. The fraction of sp³-hybridized carbons (Fsp3) is 0.267. The standard InChI is InChI=1S/C15H14ClNO2/c1-8(15(18)19)9-2-4-11-12-7-10(16)3-5-13(12)17-14(11)6-9/h3,5-8,17H,2,4H2,1H3,(H,18,19). The molecule has 1 atom stereocenters. The van der Waals surface area contributed by atoms with Gasteiger partial charge in [-0.15, -0.1) is 0 Å². The number of carbonyl (C=O) groups is 1. The number of aromatic nitrogens is 1. The third-order valence-corrected chi connectivity index (χ3v) is 4.06. The Labute approximate surface area is 115 Å². The van der Waals surface area contributed by atoms with Crippen LogP contribution in [0, 0.1) is 5.92 Å². The van der Waals surface area contributed by atoms with Gasteiger partial charge in [0, 0.05) is 21.6 Å². The summed E-state index contributed by atoms with van der Waals surface area (Å²) in [6, 6.07) is 5.78. The summed E-state index contributed by atoms with van der Waals surface area (Å²) in [7, 11) is 0. The minimum atomic E-state index is -0.770. The number of fused-ring (bicyclic) bond motifs is 3. The minimum absolute atomic E-state index is 0.428. The maximum atomic E-state index is 11.1. The van der Waals surface area contributed by atoms with E-state index in [1.54, 1.807) is 6.92 Å². The van der Waals surface area contributed by atoms with E-state index in [-0.39, 0.29) is 0 Å². The van der Waals surface area contributed by atoms with Crippen molar-refractivity contribution in [3.05, 3.63) is 40.1 Å². The molecule has 1 heterocycles. The molecule has 0 bridgehead atoms. The molecule has 1 aromatic heterocycles. The monoisotopic (exact) mass is 275 g/mol. The average Bonchev–Trinajstić information content (AvgIpc) is 2.74. The second-order valence-corrected chi connectivity index (χ2v) is 5.42. The Bertz CT molecular complexity index is 699. The number of aromatic amines is 1. The zero-order valence-corrected chi connectivity index (χ0v) is 11.3. The van der Waals surface area contributed by atoms with Crippen molar-refractivity contribution in [1.29, 1.82) is 0 Å². The zero-order valence-electron chi connectivity index (χ0n) is 10.5. The average molecular weight is 276 g/mol. The first kappa shape index (κ1) is 12.3. The van der Waals surface area contributed by atoms with Crippen molar-refractivity contribution in [1.82, 2.24) is 4.98 Å². The number of carboxylic acid groups (broad SMARTS) is 1. The number of halogens is 1. The number of carboxylic acids is 1. The van der Waals surface area contributed by atoms with E-state index in [0.29, 0.717) is 0 Å². The number of hydrogen-bond donors (Lipinski definition) is 2. The van der Waals surface area contributed by atoms with Crippen LogP contribution in [0.15, 0.2) is 23.8 Å². The summed E-state index contributed by atoms with van der Waals surface area (Å²) in [6.07, 6.45) is 3.63. The van der Waals surface area contributed by atoms with Crippen LogP contribution in [-0.2, 0) is 11.2 Å².